The number of carbonyl (C=O) groups is 2. The molecule has 0 atom stereocenters. The van der Waals surface area contributed by atoms with E-state index in [1.165, 1.54) is 11.1 Å². The molecule has 0 spiro atoms. The van der Waals surface area contributed by atoms with Gasteiger partial charge in [-0.25, -0.2) is 0 Å². The second kappa shape index (κ2) is 8.88. The summed E-state index contributed by atoms with van der Waals surface area (Å²) >= 11 is 0. The van der Waals surface area contributed by atoms with Crippen LogP contribution < -0.4 is 0 Å². The van der Waals surface area contributed by atoms with E-state index in [1.54, 1.807) is 0 Å². The molecule has 2 aromatic carbocycles. The van der Waals surface area contributed by atoms with Crippen LogP contribution in [0.1, 0.15) is 46.1 Å². The molecular formula is C26H29N3O2. The Morgan fingerprint density at radius 2 is 1.84 bits per heavy atom. The molecule has 1 aliphatic heterocycles. The van der Waals surface area contributed by atoms with Crippen molar-refractivity contribution in [1.29, 1.82) is 0 Å². The molecule has 1 aliphatic rings. The van der Waals surface area contributed by atoms with Crippen LogP contribution in [0.3, 0.4) is 0 Å². The van der Waals surface area contributed by atoms with E-state index in [0.717, 1.165) is 28.6 Å². The van der Waals surface area contributed by atoms with Crippen LogP contribution in [0.15, 0.2) is 48.5 Å². The minimum absolute atomic E-state index is 0.0192. The third-order valence-electron chi connectivity index (χ3n) is 6.14. The van der Waals surface area contributed by atoms with Gasteiger partial charge < -0.3 is 9.80 Å². The molecular weight excluding hydrogens is 386 g/mol. The van der Waals surface area contributed by atoms with Gasteiger partial charge in [0, 0.05) is 43.7 Å². The van der Waals surface area contributed by atoms with Crippen molar-refractivity contribution in [3.8, 4) is 0 Å². The molecule has 160 valence electrons. The summed E-state index contributed by atoms with van der Waals surface area (Å²) in [4.78, 5) is 34.6. The molecule has 0 bridgehead atoms. The lowest BCUT2D eigenvalue weighted by atomic mass is 10.0. The Hall–Kier alpha value is -3.21. The Morgan fingerprint density at radius 3 is 2.61 bits per heavy atom. The number of carbonyl (C=O) groups excluding carboxylic acids is 2. The van der Waals surface area contributed by atoms with Crippen LogP contribution in [0.25, 0.3) is 10.9 Å². The molecule has 4 rings (SSSR count). The monoisotopic (exact) mass is 415 g/mol. The number of nitrogens with zero attached hydrogens (tertiary/aromatic N) is 3. The zero-order valence-corrected chi connectivity index (χ0v) is 18.5. The van der Waals surface area contributed by atoms with Gasteiger partial charge in [0.2, 0.25) is 5.91 Å². The molecule has 31 heavy (non-hydrogen) atoms. The molecule has 0 aliphatic carbocycles. The summed E-state index contributed by atoms with van der Waals surface area (Å²) in [5, 5.41) is 0.891. The van der Waals surface area contributed by atoms with Gasteiger partial charge in [-0.05, 0) is 55.2 Å². The number of aromatic nitrogens is 1. The number of fused-ring (bicyclic) bond motifs is 1. The molecule has 3 aromatic rings. The van der Waals surface area contributed by atoms with E-state index in [-0.39, 0.29) is 11.8 Å². The maximum absolute atomic E-state index is 13.5. The zero-order chi connectivity index (χ0) is 22.0. The van der Waals surface area contributed by atoms with E-state index in [0.29, 0.717) is 38.2 Å². The highest BCUT2D eigenvalue weighted by atomic mass is 16.2. The van der Waals surface area contributed by atoms with Crippen molar-refractivity contribution in [3.63, 3.8) is 0 Å². The molecule has 1 saturated heterocycles. The molecule has 5 heteroatoms. The highest BCUT2D eigenvalue weighted by Crippen LogP contribution is 2.23. The van der Waals surface area contributed by atoms with E-state index in [2.05, 4.69) is 43.1 Å². The fourth-order valence-electron chi connectivity index (χ4n) is 4.20. The lowest BCUT2D eigenvalue weighted by Gasteiger charge is -2.23. The Morgan fingerprint density at radius 1 is 1.03 bits per heavy atom. The van der Waals surface area contributed by atoms with E-state index in [9.17, 15) is 9.59 Å². The van der Waals surface area contributed by atoms with E-state index < -0.39 is 0 Å². The average Bonchev–Trinajstić information content (AvgIpc) is 2.95. The number of aryl methyl sites for hydroxylation is 3. The minimum atomic E-state index is -0.0192. The van der Waals surface area contributed by atoms with Crippen molar-refractivity contribution < 1.29 is 9.59 Å². The number of hydrogen-bond acceptors (Lipinski definition) is 3. The second-order valence-corrected chi connectivity index (χ2v) is 8.30. The Bertz CT molecular complexity index is 1140. The van der Waals surface area contributed by atoms with Crippen molar-refractivity contribution >= 4 is 22.7 Å². The molecule has 1 aromatic heterocycles. The molecule has 0 unspecified atom stereocenters. The maximum Gasteiger partial charge on any atom is 0.254 e. The first-order valence-electron chi connectivity index (χ1n) is 11.0. The molecule has 1 fully saturated rings. The predicted octanol–water partition coefficient (Wildman–Crippen LogP) is 4.29. The topological polar surface area (TPSA) is 53.5 Å². The van der Waals surface area contributed by atoms with Crippen LogP contribution in [0.4, 0.5) is 0 Å². The van der Waals surface area contributed by atoms with Crippen LogP contribution in [-0.4, -0.2) is 46.2 Å². The molecule has 0 N–H and O–H groups in total. The van der Waals surface area contributed by atoms with E-state index >= 15 is 0 Å². The lowest BCUT2D eigenvalue weighted by Crippen LogP contribution is -2.36. The van der Waals surface area contributed by atoms with Crippen LogP contribution in [0.5, 0.6) is 0 Å². The first kappa shape index (κ1) is 21.0. The summed E-state index contributed by atoms with van der Waals surface area (Å²) in [5.74, 6) is 0.0804. The Kier molecular flexibility index (Phi) is 6.03. The number of benzene rings is 2. The normalized spacial score (nSPS) is 14.7. The van der Waals surface area contributed by atoms with Crippen molar-refractivity contribution in [2.24, 2.45) is 0 Å². The van der Waals surface area contributed by atoms with Gasteiger partial charge in [-0.2, -0.15) is 0 Å². The van der Waals surface area contributed by atoms with Gasteiger partial charge >= 0.3 is 0 Å². The van der Waals surface area contributed by atoms with E-state index in [1.807, 2.05) is 41.0 Å². The van der Waals surface area contributed by atoms with Crippen molar-refractivity contribution in [2.45, 2.75) is 40.2 Å². The van der Waals surface area contributed by atoms with Crippen LogP contribution in [0, 0.1) is 13.8 Å². The summed E-state index contributed by atoms with van der Waals surface area (Å²) in [6, 6.07) is 16.1. The standard InChI is InChI=1S/C26H29N3O2/c1-4-20-9-10-24-22(16-20)23(15-19(3)27-24)26(31)28-12-11-25(30)29(14-13-28)17-21-8-6-5-7-18(21)2/h5-10,15-16H,4,11-14,17H2,1-3H3. The number of amides is 2. The molecule has 2 heterocycles. The predicted molar refractivity (Wildman–Crippen MR) is 123 cm³/mol. The van der Waals surface area contributed by atoms with Gasteiger partial charge in [-0.1, -0.05) is 37.3 Å². The Labute approximate surface area is 183 Å². The largest absolute Gasteiger partial charge is 0.337 e. The first-order valence-corrected chi connectivity index (χ1v) is 11.0. The number of pyridine rings is 1. The quantitative estimate of drug-likeness (QED) is 0.639. The van der Waals surface area contributed by atoms with E-state index in [4.69, 9.17) is 0 Å². The summed E-state index contributed by atoms with van der Waals surface area (Å²) in [5.41, 5.74) is 5.86. The second-order valence-electron chi connectivity index (χ2n) is 8.30. The third-order valence-corrected chi connectivity index (χ3v) is 6.14. The minimum Gasteiger partial charge on any atom is -0.337 e. The summed E-state index contributed by atoms with van der Waals surface area (Å²) in [6.07, 6.45) is 1.25. The average molecular weight is 416 g/mol. The van der Waals surface area contributed by atoms with Crippen LogP contribution in [0.2, 0.25) is 0 Å². The molecule has 0 radical (unpaired) electrons. The highest BCUT2D eigenvalue weighted by molar-refractivity contribution is 6.06. The zero-order valence-electron chi connectivity index (χ0n) is 18.5. The van der Waals surface area contributed by atoms with Gasteiger partial charge in [0.25, 0.3) is 5.91 Å². The highest BCUT2D eigenvalue weighted by Gasteiger charge is 2.26. The number of hydrogen-bond donors (Lipinski definition) is 0. The van der Waals surface area contributed by atoms with Crippen LogP contribution in [-0.2, 0) is 17.8 Å². The molecule has 0 saturated carbocycles. The Balaban J connectivity index is 1.57. The summed E-state index contributed by atoms with van der Waals surface area (Å²) < 4.78 is 0. The van der Waals surface area contributed by atoms with Crippen LogP contribution >= 0.6 is 0 Å². The molecule has 5 nitrogen and oxygen atoms in total. The smallest absolute Gasteiger partial charge is 0.254 e. The van der Waals surface area contributed by atoms with Gasteiger partial charge in [-0.15, -0.1) is 0 Å². The summed E-state index contributed by atoms with van der Waals surface area (Å²) in [7, 11) is 0. The third kappa shape index (κ3) is 4.46. The van der Waals surface area contributed by atoms with Crippen molar-refractivity contribution in [1.82, 2.24) is 14.8 Å². The SMILES string of the molecule is CCc1ccc2nc(C)cc(C(=O)N3CCC(=O)N(Cc4ccccc4C)CC3)c2c1. The lowest BCUT2D eigenvalue weighted by molar-refractivity contribution is -0.130. The number of rotatable bonds is 4. The fraction of sp³-hybridized carbons (Fsp3) is 0.346. The first-order chi connectivity index (χ1) is 15.0. The maximum atomic E-state index is 13.5. The van der Waals surface area contributed by atoms with Crippen molar-refractivity contribution in [3.05, 3.63) is 76.5 Å². The van der Waals surface area contributed by atoms with Gasteiger partial charge in [0.05, 0.1) is 11.1 Å². The summed E-state index contributed by atoms with van der Waals surface area (Å²) in [6.45, 7) is 8.19. The van der Waals surface area contributed by atoms with Gasteiger partial charge in [0.1, 0.15) is 0 Å². The van der Waals surface area contributed by atoms with Gasteiger partial charge in [0.15, 0.2) is 0 Å². The van der Waals surface area contributed by atoms with Crippen molar-refractivity contribution in [2.75, 3.05) is 19.6 Å². The fourth-order valence-corrected chi connectivity index (χ4v) is 4.20. The molecule has 2 amide bonds. The van der Waals surface area contributed by atoms with Gasteiger partial charge in [-0.3, -0.25) is 14.6 Å².